The van der Waals surface area contributed by atoms with Gasteiger partial charge < -0.3 is 4.74 Å². The molecule has 0 unspecified atom stereocenters. The Morgan fingerprint density at radius 3 is 2.27 bits per heavy atom. The molecule has 0 amide bonds. The molecule has 0 bridgehead atoms. The molecule has 0 aromatic rings. The minimum absolute atomic E-state index is 0.0128. The molecule has 86 valence electrons. The molecule has 0 rings (SSSR count). The topological polar surface area (TPSA) is 26.3 Å². The van der Waals surface area contributed by atoms with Crippen LogP contribution in [-0.2, 0) is 9.53 Å². The zero-order valence-electron chi connectivity index (χ0n) is 10.7. The Balaban J connectivity index is 4.41. The van der Waals surface area contributed by atoms with E-state index in [4.69, 9.17) is 4.74 Å². The highest BCUT2D eigenvalue weighted by molar-refractivity contribution is 6.87. The first-order valence-corrected chi connectivity index (χ1v) is 8.57. The number of rotatable bonds is 3. The lowest BCUT2D eigenvalue weighted by atomic mass is 9.99. The molecule has 0 fully saturated rings. The molecule has 0 aliphatic heterocycles. The summed E-state index contributed by atoms with van der Waals surface area (Å²) >= 11 is 0. The second-order valence-corrected chi connectivity index (χ2v) is 9.74. The summed E-state index contributed by atoms with van der Waals surface area (Å²) < 4.78 is 4.94. The van der Waals surface area contributed by atoms with Crippen LogP contribution < -0.4 is 0 Å². The summed E-state index contributed by atoms with van der Waals surface area (Å²) in [6.45, 7) is 12.7. The highest BCUT2D eigenvalue weighted by Crippen LogP contribution is 2.14. The van der Waals surface area contributed by atoms with Gasteiger partial charge in [-0.25, -0.2) is 0 Å². The van der Waals surface area contributed by atoms with Crippen LogP contribution in [-0.4, -0.2) is 20.7 Å². The lowest BCUT2D eigenvalue weighted by Gasteiger charge is -2.15. The summed E-state index contributed by atoms with van der Waals surface area (Å²) in [6.07, 6.45) is 0. The second kappa shape index (κ2) is 5.36. The van der Waals surface area contributed by atoms with Crippen molar-refractivity contribution in [2.75, 3.05) is 6.61 Å². The highest BCUT2D eigenvalue weighted by Gasteiger charge is 2.23. The Morgan fingerprint density at radius 2 is 1.87 bits per heavy atom. The number of esters is 1. The maximum atomic E-state index is 11.3. The standard InChI is InChI=1S/C12H22O2Si/c1-7-14-11(13)10-15(5,6)9-8-12(2,3)4/h7,10H2,1-6H3. The van der Waals surface area contributed by atoms with Gasteiger partial charge in [0.25, 0.3) is 0 Å². The first-order valence-electron chi connectivity index (χ1n) is 5.36. The van der Waals surface area contributed by atoms with Crippen molar-refractivity contribution >= 4 is 14.0 Å². The molecule has 0 radical (unpaired) electrons. The smallest absolute Gasteiger partial charge is 0.304 e. The molecule has 0 aliphatic carbocycles. The molecule has 3 heteroatoms. The van der Waals surface area contributed by atoms with Gasteiger partial charge in [-0.1, -0.05) is 13.1 Å². The predicted molar refractivity (Wildman–Crippen MR) is 66.2 cm³/mol. The molecule has 0 aliphatic rings. The lowest BCUT2D eigenvalue weighted by Crippen LogP contribution is -2.28. The third-order valence-corrected chi connectivity index (χ3v) is 3.64. The van der Waals surface area contributed by atoms with E-state index < -0.39 is 8.07 Å². The van der Waals surface area contributed by atoms with Crippen LogP contribution in [0.2, 0.25) is 19.1 Å². The van der Waals surface area contributed by atoms with Crippen molar-refractivity contribution in [3.8, 4) is 11.5 Å². The molecule has 15 heavy (non-hydrogen) atoms. The van der Waals surface area contributed by atoms with E-state index in [0.717, 1.165) is 0 Å². The van der Waals surface area contributed by atoms with Crippen LogP contribution in [0.3, 0.4) is 0 Å². The van der Waals surface area contributed by atoms with E-state index >= 15 is 0 Å². The van der Waals surface area contributed by atoms with E-state index in [9.17, 15) is 4.79 Å². The third kappa shape index (κ3) is 8.26. The molecule has 0 aromatic carbocycles. The highest BCUT2D eigenvalue weighted by atomic mass is 28.3. The number of carbonyl (C=O) groups is 1. The third-order valence-electron chi connectivity index (χ3n) is 1.67. The Labute approximate surface area is 94.4 Å². The SMILES string of the molecule is CCOC(=O)C[Si](C)(C)C#CC(C)(C)C. The first kappa shape index (κ1) is 14.2. The van der Waals surface area contributed by atoms with Crippen molar-refractivity contribution in [1.29, 1.82) is 0 Å². The zero-order valence-corrected chi connectivity index (χ0v) is 11.7. The van der Waals surface area contributed by atoms with Gasteiger partial charge in [-0.05, 0) is 27.7 Å². The molecular formula is C12H22O2Si. The lowest BCUT2D eigenvalue weighted by molar-refractivity contribution is -0.140. The van der Waals surface area contributed by atoms with Crippen molar-refractivity contribution in [3.63, 3.8) is 0 Å². The van der Waals surface area contributed by atoms with Gasteiger partial charge in [-0.2, -0.15) is 0 Å². The summed E-state index contributed by atoms with van der Waals surface area (Å²) in [5, 5.41) is 0. The fourth-order valence-electron chi connectivity index (χ4n) is 0.974. The van der Waals surface area contributed by atoms with Crippen molar-refractivity contribution in [3.05, 3.63) is 0 Å². The van der Waals surface area contributed by atoms with E-state index in [1.807, 2.05) is 6.92 Å². The molecule has 0 aromatic heterocycles. The predicted octanol–water partition coefficient (Wildman–Crippen LogP) is 2.85. The fourth-order valence-corrected chi connectivity index (χ4v) is 2.60. The maximum Gasteiger partial charge on any atom is 0.304 e. The van der Waals surface area contributed by atoms with Gasteiger partial charge in [-0.15, -0.1) is 11.5 Å². The Hall–Kier alpha value is -0.753. The number of hydrogen-bond acceptors (Lipinski definition) is 2. The van der Waals surface area contributed by atoms with Crippen LogP contribution in [0.4, 0.5) is 0 Å². The second-order valence-electron chi connectivity index (χ2n) is 5.37. The van der Waals surface area contributed by atoms with E-state index in [1.54, 1.807) is 0 Å². The monoisotopic (exact) mass is 226 g/mol. The van der Waals surface area contributed by atoms with Crippen molar-refractivity contribution in [2.45, 2.75) is 46.8 Å². The minimum atomic E-state index is -1.75. The van der Waals surface area contributed by atoms with E-state index in [2.05, 4.69) is 45.3 Å². The fraction of sp³-hybridized carbons (Fsp3) is 0.750. The van der Waals surface area contributed by atoms with Crippen LogP contribution in [0.5, 0.6) is 0 Å². The quantitative estimate of drug-likeness (QED) is 0.420. The van der Waals surface area contributed by atoms with Gasteiger partial charge >= 0.3 is 5.97 Å². The zero-order chi connectivity index (χ0) is 12.1. The minimum Gasteiger partial charge on any atom is -0.466 e. The molecule has 0 N–H and O–H groups in total. The van der Waals surface area contributed by atoms with Crippen LogP contribution in [0.1, 0.15) is 27.7 Å². The largest absolute Gasteiger partial charge is 0.466 e. The van der Waals surface area contributed by atoms with Crippen LogP contribution in [0.15, 0.2) is 0 Å². The van der Waals surface area contributed by atoms with Gasteiger partial charge in [0.05, 0.1) is 12.7 Å². The first-order chi connectivity index (χ1) is 6.66. The summed E-state index contributed by atoms with van der Waals surface area (Å²) in [5.41, 5.74) is 3.29. The average Bonchev–Trinajstić information content (AvgIpc) is 1.99. The Bertz CT molecular complexity index is 276. The summed E-state index contributed by atoms with van der Waals surface area (Å²) in [7, 11) is -1.75. The molecule has 0 spiro atoms. The van der Waals surface area contributed by atoms with Crippen LogP contribution in [0.25, 0.3) is 0 Å². The number of hydrogen-bond donors (Lipinski definition) is 0. The molecule has 2 nitrogen and oxygen atoms in total. The summed E-state index contributed by atoms with van der Waals surface area (Å²) in [6, 6.07) is 0.490. The van der Waals surface area contributed by atoms with E-state index in [-0.39, 0.29) is 11.4 Å². The molecular weight excluding hydrogens is 204 g/mol. The molecule has 0 saturated heterocycles. The normalized spacial score (nSPS) is 11.6. The maximum absolute atomic E-state index is 11.3. The van der Waals surface area contributed by atoms with Crippen LogP contribution >= 0.6 is 0 Å². The Kier molecular flexibility index (Phi) is 5.09. The number of carbonyl (C=O) groups excluding carboxylic acids is 1. The van der Waals surface area contributed by atoms with Gasteiger partial charge in [0.1, 0.15) is 8.07 Å². The van der Waals surface area contributed by atoms with Gasteiger partial charge in [-0.3, -0.25) is 4.79 Å². The van der Waals surface area contributed by atoms with Crippen molar-refractivity contribution < 1.29 is 9.53 Å². The van der Waals surface area contributed by atoms with E-state index in [1.165, 1.54) is 0 Å². The Morgan fingerprint density at radius 1 is 1.33 bits per heavy atom. The summed E-state index contributed by atoms with van der Waals surface area (Å²) in [4.78, 5) is 11.3. The molecule has 0 atom stereocenters. The molecule has 0 heterocycles. The van der Waals surface area contributed by atoms with E-state index in [0.29, 0.717) is 12.7 Å². The van der Waals surface area contributed by atoms with Crippen molar-refractivity contribution in [2.24, 2.45) is 5.41 Å². The van der Waals surface area contributed by atoms with Gasteiger partial charge in [0.15, 0.2) is 0 Å². The molecule has 0 saturated carbocycles. The summed E-state index contributed by atoms with van der Waals surface area (Å²) in [5.74, 6) is 3.10. The average molecular weight is 226 g/mol. The van der Waals surface area contributed by atoms with Crippen LogP contribution in [0, 0.1) is 16.9 Å². The number of ether oxygens (including phenoxy) is 1. The van der Waals surface area contributed by atoms with Gasteiger partial charge in [0.2, 0.25) is 0 Å². The van der Waals surface area contributed by atoms with Gasteiger partial charge in [0, 0.05) is 5.41 Å². The van der Waals surface area contributed by atoms with Crippen molar-refractivity contribution in [1.82, 2.24) is 0 Å².